The van der Waals surface area contributed by atoms with E-state index in [1.165, 1.54) is 0 Å². The zero-order valence-electron chi connectivity index (χ0n) is 17.8. The Morgan fingerprint density at radius 3 is 2.41 bits per heavy atom. The first-order chi connectivity index (χ1) is 15.2. The molecule has 0 saturated carbocycles. The van der Waals surface area contributed by atoms with Gasteiger partial charge in [-0.05, 0) is 55.3 Å². The van der Waals surface area contributed by atoms with Crippen molar-refractivity contribution in [1.82, 2.24) is 9.62 Å². The number of hydrogen-bond donors (Lipinski definition) is 1. The maximum absolute atomic E-state index is 13.4. The molecule has 0 aliphatic heterocycles. The Kier molecular flexibility index (Phi) is 8.11. The molecule has 3 rings (SSSR count). The molecule has 8 heteroatoms. The van der Waals surface area contributed by atoms with Crippen LogP contribution in [0.4, 0.5) is 0 Å². The molecule has 3 aromatic rings. The molecule has 1 atom stereocenters. The zero-order valence-corrected chi connectivity index (χ0v) is 20.9. The SMILES string of the molecule is Cc1ccc(S(=O)(=O)N(CC(=O)N[C@@H](C)c2cccc(Br)c2)Cc2ccccc2Cl)cc1. The fourth-order valence-corrected chi connectivity index (χ4v) is 5.20. The number of nitrogens with zero attached hydrogens (tertiary/aromatic N) is 1. The van der Waals surface area contributed by atoms with Gasteiger partial charge in [0.25, 0.3) is 0 Å². The highest BCUT2D eigenvalue weighted by atomic mass is 79.9. The summed E-state index contributed by atoms with van der Waals surface area (Å²) in [4.78, 5) is 13.0. The normalized spacial score (nSPS) is 12.5. The summed E-state index contributed by atoms with van der Waals surface area (Å²) in [5.74, 6) is -0.403. The van der Waals surface area contributed by atoms with E-state index in [2.05, 4.69) is 21.2 Å². The number of carbonyl (C=O) groups is 1. The Labute approximate surface area is 202 Å². The van der Waals surface area contributed by atoms with Crippen LogP contribution in [0, 0.1) is 6.92 Å². The van der Waals surface area contributed by atoms with Crippen LogP contribution in [-0.4, -0.2) is 25.2 Å². The molecule has 0 fully saturated rings. The highest BCUT2D eigenvalue weighted by Gasteiger charge is 2.28. The molecule has 0 bridgehead atoms. The molecule has 168 valence electrons. The van der Waals surface area contributed by atoms with Crippen LogP contribution >= 0.6 is 27.5 Å². The Hall–Kier alpha value is -2.19. The Morgan fingerprint density at radius 1 is 1.06 bits per heavy atom. The summed E-state index contributed by atoms with van der Waals surface area (Å²) in [7, 11) is -3.93. The molecule has 1 N–H and O–H groups in total. The van der Waals surface area contributed by atoms with Gasteiger partial charge in [0, 0.05) is 16.0 Å². The van der Waals surface area contributed by atoms with E-state index in [4.69, 9.17) is 11.6 Å². The molecular weight excluding hydrogens is 512 g/mol. The number of aryl methyl sites for hydroxylation is 1. The van der Waals surface area contributed by atoms with E-state index in [0.717, 1.165) is 19.9 Å². The minimum absolute atomic E-state index is 0.0193. The first kappa shape index (κ1) is 24.5. The highest BCUT2D eigenvalue weighted by molar-refractivity contribution is 9.10. The average molecular weight is 536 g/mol. The number of carbonyl (C=O) groups excluding carboxylic acids is 1. The number of nitrogens with one attached hydrogen (secondary N) is 1. The first-order valence-corrected chi connectivity index (χ1v) is 12.6. The van der Waals surface area contributed by atoms with Crippen LogP contribution in [0.1, 0.15) is 29.7 Å². The van der Waals surface area contributed by atoms with Crippen LogP contribution in [0.2, 0.25) is 5.02 Å². The first-order valence-electron chi connectivity index (χ1n) is 10.0. The van der Waals surface area contributed by atoms with E-state index in [1.54, 1.807) is 48.5 Å². The minimum Gasteiger partial charge on any atom is -0.348 e. The largest absolute Gasteiger partial charge is 0.348 e. The van der Waals surface area contributed by atoms with Crippen LogP contribution in [0.25, 0.3) is 0 Å². The van der Waals surface area contributed by atoms with Crippen molar-refractivity contribution in [2.45, 2.75) is 31.3 Å². The van der Waals surface area contributed by atoms with Gasteiger partial charge in [0.05, 0.1) is 17.5 Å². The minimum atomic E-state index is -3.93. The van der Waals surface area contributed by atoms with E-state index < -0.39 is 15.9 Å². The molecule has 0 saturated heterocycles. The van der Waals surface area contributed by atoms with Crippen LogP contribution in [0.5, 0.6) is 0 Å². The zero-order chi connectivity index (χ0) is 23.3. The summed E-state index contributed by atoms with van der Waals surface area (Å²) in [5.41, 5.74) is 2.48. The second-order valence-electron chi connectivity index (χ2n) is 7.52. The van der Waals surface area contributed by atoms with E-state index in [9.17, 15) is 13.2 Å². The van der Waals surface area contributed by atoms with Gasteiger partial charge in [-0.25, -0.2) is 8.42 Å². The molecule has 3 aromatic carbocycles. The van der Waals surface area contributed by atoms with Crippen molar-refractivity contribution in [2.24, 2.45) is 0 Å². The lowest BCUT2D eigenvalue weighted by Gasteiger charge is -2.24. The molecular formula is C24H24BrClN2O3S. The summed E-state index contributed by atoms with van der Waals surface area (Å²) in [6, 6.07) is 20.9. The summed E-state index contributed by atoms with van der Waals surface area (Å²) in [6.45, 7) is 3.38. The van der Waals surface area contributed by atoms with Crippen molar-refractivity contribution in [1.29, 1.82) is 0 Å². The molecule has 5 nitrogen and oxygen atoms in total. The van der Waals surface area contributed by atoms with Crippen LogP contribution in [0.15, 0.2) is 82.2 Å². The van der Waals surface area contributed by atoms with E-state index >= 15 is 0 Å². The maximum atomic E-state index is 13.4. The quantitative estimate of drug-likeness (QED) is 0.415. The van der Waals surface area contributed by atoms with Crippen molar-refractivity contribution in [3.63, 3.8) is 0 Å². The van der Waals surface area contributed by atoms with Gasteiger partial charge >= 0.3 is 0 Å². The predicted molar refractivity (Wildman–Crippen MR) is 131 cm³/mol. The van der Waals surface area contributed by atoms with Gasteiger partial charge in [0.15, 0.2) is 0 Å². The monoisotopic (exact) mass is 534 g/mol. The molecule has 0 aromatic heterocycles. The summed E-state index contributed by atoms with van der Waals surface area (Å²) >= 11 is 9.70. The molecule has 0 spiro atoms. The third kappa shape index (κ3) is 6.19. The standard InChI is InChI=1S/C24H24BrClN2O3S/c1-17-10-12-22(13-11-17)32(30,31)28(15-20-6-3-4-9-23(20)26)16-24(29)27-18(2)19-7-5-8-21(25)14-19/h3-14,18H,15-16H2,1-2H3,(H,27,29)/t18-/m0/s1. The van der Waals surface area contributed by atoms with Crippen molar-refractivity contribution in [3.05, 3.63) is 99.0 Å². The number of benzene rings is 3. The highest BCUT2D eigenvalue weighted by Crippen LogP contribution is 2.23. The van der Waals surface area contributed by atoms with Gasteiger partial charge in [-0.3, -0.25) is 4.79 Å². The number of halogens is 2. The van der Waals surface area contributed by atoms with Crippen LogP contribution < -0.4 is 5.32 Å². The third-order valence-electron chi connectivity index (χ3n) is 5.01. The molecule has 0 heterocycles. The van der Waals surface area contributed by atoms with Crippen molar-refractivity contribution in [3.8, 4) is 0 Å². The molecule has 1 amide bonds. The van der Waals surface area contributed by atoms with Gasteiger partial charge in [-0.1, -0.05) is 75.6 Å². The Balaban J connectivity index is 1.85. The molecule has 0 aliphatic rings. The second kappa shape index (κ2) is 10.6. The van der Waals surface area contributed by atoms with Gasteiger partial charge in [0.1, 0.15) is 0 Å². The van der Waals surface area contributed by atoms with E-state index in [0.29, 0.717) is 10.6 Å². The number of hydrogen-bond acceptors (Lipinski definition) is 3. The predicted octanol–water partition coefficient (Wildman–Crippen LogP) is 5.48. The van der Waals surface area contributed by atoms with Gasteiger partial charge < -0.3 is 5.32 Å². The topological polar surface area (TPSA) is 66.5 Å². The van der Waals surface area contributed by atoms with Crippen molar-refractivity contribution >= 4 is 43.5 Å². The lowest BCUT2D eigenvalue weighted by atomic mass is 10.1. The fourth-order valence-electron chi connectivity index (χ4n) is 3.21. The molecule has 32 heavy (non-hydrogen) atoms. The van der Waals surface area contributed by atoms with Gasteiger partial charge in [0.2, 0.25) is 15.9 Å². The Bertz CT molecular complexity index is 1200. The number of sulfonamides is 1. The van der Waals surface area contributed by atoms with Crippen LogP contribution in [-0.2, 0) is 21.4 Å². The second-order valence-corrected chi connectivity index (χ2v) is 10.8. The lowest BCUT2D eigenvalue weighted by Crippen LogP contribution is -2.41. The smallest absolute Gasteiger partial charge is 0.243 e. The fraction of sp³-hybridized carbons (Fsp3) is 0.208. The average Bonchev–Trinajstić information content (AvgIpc) is 2.75. The summed E-state index contributed by atoms with van der Waals surface area (Å²) in [6.07, 6.45) is 0. The van der Waals surface area contributed by atoms with Crippen LogP contribution in [0.3, 0.4) is 0 Å². The molecule has 0 radical (unpaired) electrons. The van der Waals surface area contributed by atoms with E-state index in [1.807, 2.05) is 38.1 Å². The van der Waals surface area contributed by atoms with E-state index in [-0.39, 0.29) is 24.0 Å². The third-order valence-corrected chi connectivity index (χ3v) is 7.68. The Morgan fingerprint density at radius 2 is 1.75 bits per heavy atom. The maximum Gasteiger partial charge on any atom is 0.243 e. The van der Waals surface area contributed by atoms with Gasteiger partial charge in [-0.15, -0.1) is 0 Å². The lowest BCUT2D eigenvalue weighted by molar-refractivity contribution is -0.122. The van der Waals surface area contributed by atoms with Crippen molar-refractivity contribution in [2.75, 3.05) is 6.54 Å². The summed E-state index contributed by atoms with van der Waals surface area (Å²) in [5, 5.41) is 3.33. The molecule has 0 aliphatic carbocycles. The molecule has 0 unspecified atom stereocenters. The number of rotatable bonds is 8. The van der Waals surface area contributed by atoms with Crippen molar-refractivity contribution < 1.29 is 13.2 Å². The van der Waals surface area contributed by atoms with Gasteiger partial charge in [-0.2, -0.15) is 4.31 Å². The number of amides is 1. The summed E-state index contributed by atoms with van der Waals surface area (Å²) < 4.78 is 28.8.